The van der Waals surface area contributed by atoms with E-state index in [9.17, 15) is 4.79 Å². The number of hydrogen-bond donors (Lipinski definition) is 2. The molecule has 0 aliphatic heterocycles. The first-order chi connectivity index (χ1) is 8.72. The summed E-state index contributed by atoms with van der Waals surface area (Å²) in [6.07, 6.45) is 2.24. The van der Waals surface area contributed by atoms with Crippen molar-refractivity contribution in [1.29, 1.82) is 0 Å². The zero-order valence-corrected chi connectivity index (χ0v) is 12.4. The molecule has 1 heterocycles. The van der Waals surface area contributed by atoms with Gasteiger partial charge in [-0.1, -0.05) is 0 Å². The number of aliphatic hydroxyl groups excluding tert-OH is 2. The van der Waals surface area contributed by atoms with Crippen LogP contribution in [0.5, 0.6) is 0 Å². The molecule has 1 atom stereocenters. The molecule has 0 fully saturated rings. The fourth-order valence-corrected chi connectivity index (χ4v) is 2.44. The molecule has 0 aromatic carbocycles. The van der Waals surface area contributed by atoms with Crippen LogP contribution in [-0.4, -0.2) is 44.5 Å². The molecule has 6 nitrogen and oxygen atoms in total. The third-order valence-electron chi connectivity index (χ3n) is 2.31. The number of alkyl halides is 1. The minimum absolute atomic E-state index is 0.0414. The molecule has 0 aliphatic rings. The zero-order valence-electron chi connectivity index (χ0n) is 10.3. The third-order valence-corrected chi connectivity index (χ3v) is 4.02. The molecule has 0 amide bonds. The van der Waals surface area contributed by atoms with Crippen LogP contribution in [0.15, 0.2) is 17.1 Å². The Morgan fingerprint density at radius 2 is 2.28 bits per heavy atom. The molecule has 7 heteroatoms. The van der Waals surface area contributed by atoms with Crippen LogP contribution in [0, 0.1) is 3.70 Å². The fraction of sp³-hybridized carbons (Fsp3) is 0.636. The van der Waals surface area contributed by atoms with Crippen molar-refractivity contribution >= 4 is 0 Å². The molecule has 2 N–H and O–H groups in total. The summed E-state index contributed by atoms with van der Waals surface area (Å²) in [5.41, 5.74) is -0.338. The van der Waals surface area contributed by atoms with Crippen LogP contribution in [-0.2, 0) is 4.74 Å². The van der Waals surface area contributed by atoms with Crippen LogP contribution in [0.25, 0.3) is 0 Å². The van der Waals surface area contributed by atoms with E-state index >= 15 is 0 Å². The average molecular weight is 369 g/mol. The van der Waals surface area contributed by atoms with Crippen molar-refractivity contribution in [2.24, 2.45) is 0 Å². The number of rotatable bonds is 8. The van der Waals surface area contributed by atoms with E-state index in [0.717, 1.165) is 3.70 Å². The van der Waals surface area contributed by atoms with Gasteiger partial charge in [-0.15, -0.1) is 0 Å². The van der Waals surface area contributed by atoms with E-state index in [1.807, 2.05) is 11.0 Å². The summed E-state index contributed by atoms with van der Waals surface area (Å²) in [5, 5.41) is 17.6. The summed E-state index contributed by atoms with van der Waals surface area (Å²) in [5.74, 6) is 0. The van der Waals surface area contributed by atoms with E-state index in [0.29, 0.717) is 12.8 Å². The van der Waals surface area contributed by atoms with E-state index in [1.165, 1.54) is 4.57 Å². The van der Waals surface area contributed by atoms with E-state index in [1.54, 1.807) is 6.20 Å². The summed E-state index contributed by atoms with van der Waals surface area (Å²) in [7, 11) is 0. The van der Waals surface area contributed by atoms with Crippen molar-refractivity contribution in [3.63, 3.8) is 0 Å². The molecule has 0 aliphatic carbocycles. The first-order valence-corrected chi connectivity index (χ1v) is 8.88. The van der Waals surface area contributed by atoms with Crippen molar-refractivity contribution in [2.45, 2.75) is 19.1 Å². The van der Waals surface area contributed by atoms with Crippen LogP contribution < -0.4 is 26.9 Å². The third kappa shape index (κ3) is 4.63. The van der Waals surface area contributed by atoms with E-state index in [2.05, 4.69) is 4.98 Å². The van der Waals surface area contributed by atoms with E-state index in [-0.39, 0.29) is 46.7 Å². The summed E-state index contributed by atoms with van der Waals surface area (Å²) < 4.78 is 7.66. The quantitative estimate of drug-likeness (QED) is 0.281. The van der Waals surface area contributed by atoms with Gasteiger partial charge >= 0.3 is 116 Å². The predicted molar refractivity (Wildman–Crippen MR) is 61.5 cm³/mol. The van der Waals surface area contributed by atoms with E-state index in [4.69, 9.17) is 14.9 Å². The maximum atomic E-state index is 11.8. The summed E-state index contributed by atoms with van der Waals surface area (Å²) in [4.78, 5) is 17.8. The number of nitrogens with zero attached hydrogens (tertiary/aromatic N) is 2. The van der Waals surface area contributed by atoms with Gasteiger partial charge in [-0.05, 0) is 0 Å². The molecule has 0 radical (unpaired) electrons. The molecule has 0 bridgehead atoms. The minimum atomic E-state index is -0.478. The van der Waals surface area contributed by atoms with Gasteiger partial charge in [0.15, 0.2) is 0 Å². The monoisotopic (exact) mass is 369 g/mol. The van der Waals surface area contributed by atoms with Crippen molar-refractivity contribution in [1.82, 2.24) is 9.55 Å². The first-order valence-electron chi connectivity index (χ1n) is 5.65. The Morgan fingerprint density at radius 1 is 1.50 bits per heavy atom. The van der Waals surface area contributed by atoms with Crippen LogP contribution >= 0.6 is 0 Å². The Morgan fingerprint density at radius 3 is 2.83 bits per heavy atom. The van der Waals surface area contributed by atoms with Crippen LogP contribution in [0.2, 0.25) is 0 Å². The number of aromatic nitrogens is 2. The van der Waals surface area contributed by atoms with Crippen molar-refractivity contribution < 1.29 is 36.2 Å². The predicted octanol–water partition coefficient (Wildman–Crippen LogP) is -3.59. The van der Waals surface area contributed by atoms with E-state index < -0.39 is 6.23 Å². The number of aliphatic hydroxyl groups is 2. The zero-order chi connectivity index (χ0) is 13.4. The van der Waals surface area contributed by atoms with Gasteiger partial charge in [0.25, 0.3) is 0 Å². The standard InChI is InChI=1S/C11H18IN2O4/c1-12-9-4-5-14(11(17)13-9)10(3-2-6-15)18-8-7-16/h4-5,10,15-16H,2-3,6-8H2,1H3/q-1. The Kier molecular flexibility index (Phi) is 7.40. The van der Waals surface area contributed by atoms with Gasteiger partial charge in [0, 0.05) is 0 Å². The molecule has 0 spiro atoms. The molecule has 0 saturated carbocycles. The SMILES string of the molecule is C[I-]c1ccn(C(CCCO)OCCO)c(=O)n1. The van der Waals surface area contributed by atoms with Crippen molar-refractivity contribution in [2.75, 3.05) is 24.8 Å². The van der Waals surface area contributed by atoms with Gasteiger partial charge in [-0.3, -0.25) is 0 Å². The van der Waals surface area contributed by atoms with Crippen LogP contribution in [0.1, 0.15) is 19.1 Å². The molecule has 104 valence electrons. The topological polar surface area (TPSA) is 84.6 Å². The average Bonchev–Trinajstić information content (AvgIpc) is 2.39. The van der Waals surface area contributed by atoms with Gasteiger partial charge in [0.2, 0.25) is 0 Å². The second-order valence-electron chi connectivity index (χ2n) is 3.54. The van der Waals surface area contributed by atoms with Crippen molar-refractivity contribution in [3.8, 4) is 0 Å². The second kappa shape index (κ2) is 8.57. The summed E-state index contributed by atoms with van der Waals surface area (Å²) in [6.45, 7) is 0.0982. The molecular formula is C11H18IN2O4-. The Bertz CT molecular complexity index is 402. The Hall–Kier alpha value is -0.510. The molecule has 0 saturated heterocycles. The summed E-state index contributed by atoms with van der Waals surface area (Å²) >= 11 is -0.208. The molecule has 1 unspecified atom stereocenters. The number of halogens is 1. The van der Waals surface area contributed by atoms with Gasteiger partial charge in [0.1, 0.15) is 0 Å². The maximum absolute atomic E-state index is 11.8. The molecule has 1 rings (SSSR count). The fourth-order valence-electron chi connectivity index (χ4n) is 1.47. The normalized spacial score (nSPS) is 12.8. The molecular weight excluding hydrogens is 351 g/mol. The summed E-state index contributed by atoms with van der Waals surface area (Å²) in [6, 6.07) is 1.82. The number of hydrogen-bond acceptors (Lipinski definition) is 5. The molecule has 1 aromatic heterocycles. The Balaban J connectivity index is 2.86. The van der Waals surface area contributed by atoms with Crippen LogP contribution in [0.3, 0.4) is 0 Å². The molecule has 1 aromatic rings. The number of ether oxygens (including phenoxy) is 1. The van der Waals surface area contributed by atoms with Gasteiger partial charge in [-0.25, -0.2) is 0 Å². The second-order valence-corrected chi connectivity index (χ2v) is 5.73. The van der Waals surface area contributed by atoms with Gasteiger partial charge < -0.3 is 0 Å². The Labute approximate surface area is 116 Å². The van der Waals surface area contributed by atoms with Gasteiger partial charge in [-0.2, -0.15) is 0 Å². The first kappa shape index (κ1) is 15.5. The van der Waals surface area contributed by atoms with Crippen molar-refractivity contribution in [3.05, 3.63) is 26.4 Å². The van der Waals surface area contributed by atoms with Gasteiger partial charge in [0.05, 0.1) is 0 Å². The van der Waals surface area contributed by atoms with Crippen LogP contribution in [0.4, 0.5) is 0 Å². The molecule has 18 heavy (non-hydrogen) atoms.